The number of piperidine rings is 1. The number of carbonyl (C=O) groups excluding carboxylic acids is 1. The van der Waals surface area contributed by atoms with Gasteiger partial charge in [-0.3, -0.25) is 4.79 Å². The number of hydrogen-bond donors (Lipinski definition) is 0. The minimum absolute atomic E-state index is 0.0380. The smallest absolute Gasteiger partial charge is 0.244 e. The van der Waals surface area contributed by atoms with Crippen LogP contribution >= 0.6 is 15.9 Å². The van der Waals surface area contributed by atoms with Crippen LogP contribution in [0.5, 0.6) is 0 Å². The van der Waals surface area contributed by atoms with Crippen LogP contribution in [-0.2, 0) is 27.7 Å². The summed E-state index contributed by atoms with van der Waals surface area (Å²) in [5.74, 6) is 0.435. The van der Waals surface area contributed by atoms with E-state index in [9.17, 15) is 13.2 Å². The van der Waals surface area contributed by atoms with Crippen LogP contribution in [0.1, 0.15) is 37.8 Å². The minimum Gasteiger partial charge on any atom is -0.309 e. The maximum atomic E-state index is 13.4. The van der Waals surface area contributed by atoms with Crippen molar-refractivity contribution in [2.45, 2.75) is 50.5 Å². The number of fused-ring (bicyclic) bond motifs is 1. The predicted octanol–water partition coefficient (Wildman–Crippen LogP) is 4.39. The highest BCUT2D eigenvalue weighted by molar-refractivity contribution is 9.10. The predicted molar refractivity (Wildman–Crippen MR) is 122 cm³/mol. The number of sulfonamides is 1. The van der Waals surface area contributed by atoms with Gasteiger partial charge in [0.2, 0.25) is 15.9 Å². The molecule has 2 aromatic carbocycles. The van der Waals surface area contributed by atoms with Crippen molar-refractivity contribution in [3.8, 4) is 0 Å². The second-order valence-corrected chi connectivity index (χ2v) is 11.2. The topological polar surface area (TPSA) is 57.7 Å². The molecule has 0 aromatic heterocycles. The van der Waals surface area contributed by atoms with Gasteiger partial charge in [-0.05, 0) is 77.7 Å². The minimum atomic E-state index is -3.63. The molecule has 0 bridgehead atoms. The SMILES string of the molecule is CC(=O)N1c2cc(S(=O)(=O)N3CCC(Cc4ccccc4)CC3)c(Br)cc2C[C@@H]1C. The van der Waals surface area contributed by atoms with Crippen molar-refractivity contribution in [1.29, 1.82) is 0 Å². The third-order valence-electron chi connectivity index (χ3n) is 6.25. The van der Waals surface area contributed by atoms with Gasteiger partial charge in [-0.1, -0.05) is 30.3 Å². The molecule has 0 saturated carbocycles. The average Bonchev–Trinajstić information content (AvgIpc) is 3.03. The molecular weight excluding hydrogens is 464 g/mol. The lowest BCUT2D eigenvalue weighted by Crippen LogP contribution is -2.39. The molecule has 1 saturated heterocycles. The fourth-order valence-electron chi connectivity index (χ4n) is 4.74. The molecule has 2 aromatic rings. The Morgan fingerprint density at radius 2 is 1.80 bits per heavy atom. The monoisotopic (exact) mass is 490 g/mol. The Hall–Kier alpha value is -1.70. The molecule has 1 atom stereocenters. The molecule has 2 aliphatic heterocycles. The fraction of sp³-hybridized carbons (Fsp3) is 0.435. The molecule has 1 fully saturated rings. The van der Waals surface area contributed by atoms with Gasteiger partial charge in [0.15, 0.2) is 0 Å². The second-order valence-electron chi connectivity index (χ2n) is 8.39. The lowest BCUT2D eigenvalue weighted by atomic mass is 9.91. The maximum Gasteiger partial charge on any atom is 0.244 e. The lowest BCUT2D eigenvalue weighted by Gasteiger charge is -2.32. The lowest BCUT2D eigenvalue weighted by molar-refractivity contribution is -0.116. The van der Waals surface area contributed by atoms with Crippen LogP contribution in [0.4, 0.5) is 5.69 Å². The van der Waals surface area contributed by atoms with Crippen LogP contribution < -0.4 is 4.90 Å². The van der Waals surface area contributed by atoms with Crippen molar-refractivity contribution < 1.29 is 13.2 Å². The van der Waals surface area contributed by atoms with E-state index in [0.29, 0.717) is 23.5 Å². The van der Waals surface area contributed by atoms with Crippen molar-refractivity contribution in [1.82, 2.24) is 4.31 Å². The van der Waals surface area contributed by atoms with Gasteiger partial charge >= 0.3 is 0 Å². The van der Waals surface area contributed by atoms with Gasteiger partial charge in [0.25, 0.3) is 0 Å². The molecule has 1 amide bonds. The summed E-state index contributed by atoms with van der Waals surface area (Å²) in [6.45, 7) is 4.56. The molecule has 0 unspecified atom stereocenters. The van der Waals surface area contributed by atoms with Gasteiger partial charge in [-0.2, -0.15) is 4.31 Å². The average molecular weight is 491 g/mol. The molecule has 2 aliphatic rings. The Morgan fingerprint density at radius 3 is 2.43 bits per heavy atom. The Bertz CT molecular complexity index is 1050. The summed E-state index contributed by atoms with van der Waals surface area (Å²) in [6.07, 6.45) is 3.43. The van der Waals surface area contributed by atoms with Crippen molar-refractivity contribution in [2.24, 2.45) is 5.92 Å². The molecule has 2 heterocycles. The first-order valence-electron chi connectivity index (χ1n) is 10.4. The van der Waals surface area contributed by atoms with Gasteiger partial charge in [0.1, 0.15) is 0 Å². The molecule has 160 valence electrons. The van der Waals surface area contributed by atoms with E-state index in [-0.39, 0.29) is 16.8 Å². The van der Waals surface area contributed by atoms with E-state index in [4.69, 9.17) is 0 Å². The standard InChI is InChI=1S/C23H27BrN2O3S/c1-16-12-20-14-21(24)23(15-22(20)26(16)17(2)27)30(28,29)25-10-8-19(9-11-25)13-18-6-4-3-5-7-18/h3-7,14-16,19H,8-13H2,1-2H3/t16-/m0/s1. The zero-order valence-electron chi connectivity index (χ0n) is 17.3. The number of halogens is 1. The Labute approximate surface area is 187 Å². The van der Waals surface area contributed by atoms with Crippen LogP contribution in [0.2, 0.25) is 0 Å². The molecule has 4 rings (SSSR count). The van der Waals surface area contributed by atoms with E-state index in [0.717, 1.165) is 36.9 Å². The van der Waals surface area contributed by atoms with Crippen LogP contribution in [-0.4, -0.2) is 37.8 Å². The maximum absolute atomic E-state index is 13.4. The summed E-state index contributed by atoms with van der Waals surface area (Å²) in [5.41, 5.74) is 3.03. The molecule has 7 heteroatoms. The number of hydrogen-bond acceptors (Lipinski definition) is 3. The van der Waals surface area contributed by atoms with Gasteiger partial charge < -0.3 is 4.90 Å². The quantitative estimate of drug-likeness (QED) is 0.638. The Kier molecular flexibility index (Phi) is 6.06. The molecule has 30 heavy (non-hydrogen) atoms. The highest BCUT2D eigenvalue weighted by Crippen LogP contribution is 2.39. The normalized spacial score (nSPS) is 20.4. The zero-order chi connectivity index (χ0) is 21.5. The summed E-state index contributed by atoms with van der Waals surface area (Å²) in [4.78, 5) is 14.1. The van der Waals surface area contributed by atoms with E-state index in [1.807, 2.05) is 31.2 Å². The Morgan fingerprint density at radius 1 is 1.13 bits per heavy atom. The van der Waals surface area contributed by atoms with E-state index in [1.54, 1.807) is 15.3 Å². The zero-order valence-corrected chi connectivity index (χ0v) is 19.7. The number of rotatable bonds is 4. The summed E-state index contributed by atoms with van der Waals surface area (Å²) < 4.78 is 29.0. The number of anilines is 1. The third-order valence-corrected chi connectivity index (χ3v) is 9.10. The van der Waals surface area contributed by atoms with Crippen LogP contribution in [0, 0.1) is 5.92 Å². The van der Waals surface area contributed by atoms with Gasteiger partial charge in [0, 0.05) is 36.2 Å². The molecule has 0 radical (unpaired) electrons. The van der Waals surface area contributed by atoms with E-state index >= 15 is 0 Å². The molecule has 5 nitrogen and oxygen atoms in total. The molecular formula is C23H27BrN2O3S. The van der Waals surface area contributed by atoms with Gasteiger partial charge in [-0.15, -0.1) is 0 Å². The second kappa shape index (κ2) is 8.44. The largest absolute Gasteiger partial charge is 0.309 e. The first kappa shape index (κ1) is 21.5. The fourth-order valence-corrected chi connectivity index (χ4v) is 7.28. The highest BCUT2D eigenvalue weighted by atomic mass is 79.9. The molecule has 0 spiro atoms. The first-order valence-corrected chi connectivity index (χ1v) is 12.7. The van der Waals surface area contributed by atoms with Crippen molar-refractivity contribution in [3.05, 3.63) is 58.1 Å². The van der Waals surface area contributed by atoms with Crippen LogP contribution in [0.15, 0.2) is 51.8 Å². The number of carbonyl (C=O) groups is 1. The van der Waals surface area contributed by atoms with E-state index < -0.39 is 10.0 Å². The summed E-state index contributed by atoms with van der Waals surface area (Å²) in [6, 6.07) is 14.0. The third kappa shape index (κ3) is 4.07. The van der Waals surface area contributed by atoms with Crippen molar-refractivity contribution in [2.75, 3.05) is 18.0 Å². The summed E-state index contributed by atoms with van der Waals surface area (Å²) in [7, 11) is -3.63. The number of benzene rings is 2. The highest BCUT2D eigenvalue weighted by Gasteiger charge is 2.35. The van der Waals surface area contributed by atoms with Crippen LogP contribution in [0.3, 0.4) is 0 Å². The molecule has 0 aliphatic carbocycles. The Balaban J connectivity index is 1.53. The van der Waals surface area contributed by atoms with Gasteiger partial charge in [0.05, 0.1) is 4.90 Å². The van der Waals surface area contributed by atoms with E-state index in [2.05, 4.69) is 28.1 Å². The first-order chi connectivity index (χ1) is 14.3. The van der Waals surface area contributed by atoms with Gasteiger partial charge in [-0.25, -0.2) is 8.42 Å². The summed E-state index contributed by atoms with van der Waals surface area (Å²) >= 11 is 3.48. The summed E-state index contributed by atoms with van der Waals surface area (Å²) in [5, 5.41) is 0. The van der Waals surface area contributed by atoms with Crippen molar-refractivity contribution in [3.63, 3.8) is 0 Å². The molecule has 0 N–H and O–H groups in total. The van der Waals surface area contributed by atoms with E-state index in [1.165, 1.54) is 12.5 Å². The number of nitrogens with zero attached hydrogens (tertiary/aromatic N) is 2. The van der Waals surface area contributed by atoms with Crippen LogP contribution in [0.25, 0.3) is 0 Å². The number of amides is 1. The van der Waals surface area contributed by atoms with Crippen molar-refractivity contribution >= 4 is 37.5 Å².